The SMILES string of the molecule is CCCCOc1ccc(C(O)=C2C(=O)C(=O)N(c3nc(C)c(C(=O)OCC)s3)C2c2ccc(Cl)c(Cl)c2)cc1. The van der Waals surface area contributed by atoms with Gasteiger partial charge >= 0.3 is 11.9 Å². The summed E-state index contributed by atoms with van der Waals surface area (Å²) in [6.45, 7) is 6.09. The number of carbonyl (C=O) groups excluding carboxylic acids is 3. The zero-order valence-electron chi connectivity index (χ0n) is 21.5. The number of anilines is 1. The molecule has 1 aromatic heterocycles. The first-order valence-corrected chi connectivity index (χ1v) is 13.9. The van der Waals surface area contributed by atoms with Crippen LogP contribution in [0.1, 0.15) is 59.2 Å². The summed E-state index contributed by atoms with van der Waals surface area (Å²) in [4.78, 5) is 45.0. The van der Waals surface area contributed by atoms with Crippen molar-refractivity contribution in [2.45, 2.75) is 39.7 Å². The Morgan fingerprint density at radius 3 is 2.46 bits per heavy atom. The monoisotopic (exact) mass is 588 g/mol. The Morgan fingerprint density at radius 1 is 1.10 bits per heavy atom. The van der Waals surface area contributed by atoms with Gasteiger partial charge in [-0.2, -0.15) is 0 Å². The van der Waals surface area contributed by atoms with Crippen LogP contribution in [0.3, 0.4) is 0 Å². The van der Waals surface area contributed by atoms with Crippen molar-refractivity contribution in [2.75, 3.05) is 18.1 Å². The summed E-state index contributed by atoms with van der Waals surface area (Å²) >= 11 is 13.3. The number of aliphatic hydroxyl groups is 1. The van der Waals surface area contributed by atoms with Gasteiger partial charge in [0.1, 0.15) is 16.4 Å². The molecule has 204 valence electrons. The zero-order chi connectivity index (χ0) is 28.3. The van der Waals surface area contributed by atoms with Gasteiger partial charge in [-0.3, -0.25) is 14.5 Å². The summed E-state index contributed by atoms with van der Waals surface area (Å²) in [6.07, 6.45) is 1.90. The third kappa shape index (κ3) is 5.80. The molecule has 2 heterocycles. The van der Waals surface area contributed by atoms with Gasteiger partial charge in [-0.25, -0.2) is 9.78 Å². The highest BCUT2D eigenvalue weighted by atomic mass is 35.5. The van der Waals surface area contributed by atoms with E-state index < -0.39 is 23.7 Å². The predicted molar refractivity (Wildman–Crippen MR) is 151 cm³/mol. The lowest BCUT2D eigenvalue weighted by Crippen LogP contribution is -2.29. The van der Waals surface area contributed by atoms with E-state index in [0.717, 1.165) is 29.1 Å². The van der Waals surface area contributed by atoms with E-state index in [1.165, 1.54) is 6.07 Å². The summed E-state index contributed by atoms with van der Waals surface area (Å²) < 4.78 is 10.8. The number of Topliss-reactive ketones (excluding diaryl/α,β-unsaturated/α-hetero) is 1. The molecule has 1 amide bonds. The molecule has 0 radical (unpaired) electrons. The molecule has 0 bridgehead atoms. The van der Waals surface area contributed by atoms with E-state index in [2.05, 4.69) is 11.9 Å². The van der Waals surface area contributed by atoms with Gasteiger partial charge in [0.15, 0.2) is 5.13 Å². The minimum absolute atomic E-state index is 0.104. The fourth-order valence-corrected chi connectivity index (χ4v) is 5.39. The van der Waals surface area contributed by atoms with Gasteiger partial charge in [-0.15, -0.1) is 0 Å². The van der Waals surface area contributed by atoms with Crippen LogP contribution in [0.25, 0.3) is 5.76 Å². The number of hydrogen-bond acceptors (Lipinski definition) is 8. The van der Waals surface area contributed by atoms with E-state index in [4.69, 9.17) is 32.7 Å². The highest BCUT2D eigenvalue weighted by molar-refractivity contribution is 7.17. The molecule has 1 unspecified atom stereocenters. The zero-order valence-corrected chi connectivity index (χ0v) is 23.8. The molecule has 1 aliphatic rings. The Balaban J connectivity index is 1.83. The minimum atomic E-state index is -1.08. The lowest BCUT2D eigenvalue weighted by molar-refractivity contribution is -0.132. The number of ketones is 1. The Hall–Kier alpha value is -3.40. The van der Waals surface area contributed by atoms with Crippen molar-refractivity contribution in [1.29, 1.82) is 0 Å². The second kappa shape index (κ2) is 12.2. The molecule has 1 atom stereocenters. The average molecular weight is 589 g/mol. The number of aromatic nitrogens is 1. The number of nitrogens with zero attached hydrogens (tertiary/aromatic N) is 2. The third-order valence-electron chi connectivity index (χ3n) is 6.05. The Morgan fingerprint density at radius 2 is 1.82 bits per heavy atom. The lowest BCUT2D eigenvalue weighted by Gasteiger charge is -2.23. The molecule has 0 saturated carbocycles. The number of hydrogen-bond donors (Lipinski definition) is 1. The number of amides is 1. The molecule has 1 fully saturated rings. The fourth-order valence-electron chi connectivity index (χ4n) is 4.10. The molecule has 1 aliphatic heterocycles. The van der Waals surface area contributed by atoms with Crippen LogP contribution in [-0.4, -0.2) is 41.0 Å². The van der Waals surface area contributed by atoms with Crippen molar-refractivity contribution in [3.05, 3.63) is 79.8 Å². The number of ether oxygens (including phenoxy) is 2. The highest BCUT2D eigenvalue weighted by Crippen LogP contribution is 2.45. The first kappa shape index (κ1) is 28.6. The van der Waals surface area contributed by atoms with Crippen molar-refractivity contribution in [1.82, 2.24) is 4.98 Å². The second-order valence-corrected chi connectivity index (χ2v) is 10.5. The number of thiazole rings is 1. The molecule has 0 spiro atoms. The summed E-state index contributed by atoms with van der Waals surface area (Å²) in [7, 11) is 0. The molecular formula is C28H26Cl2N2O6S. The molecule has 39 heavy (non-hydrogen) atoms. The highest BCUT2D eigenvalue weighted by Gasteiger charge is 2.48. The first-order chi connectivity index (χ1) is 18.7. The van der Waals surface area contributed by atoms with E-state index in [1.807, 2.05) is 0 Å². The molecule has 1 saturated heterocycles. The molecule has 3 aromatic rings. The van der Waals surface area contributed by atoms with E-state index in [1.54, 1.807) is 50.2 Å². The van der Waals surface area contributed by atoms with Crippen LogP contribution < -0.4 is 9.64 Å². The summed E-state index contributed by atoms with van der Waals surface area (Å²) in [5.74, 6) is -2.14. The van der Waals surface area contributed by atoms with Crippen LogP contribution in [-0.2, 0) is 14.3 Å². The summed E-state index contributed by atoms with van der Waals surface area (Å²) in [5, 5.41) is 11.9. The van der Waals surface area contributed by atoms with Gasteiger partial charge in [0.25, 0.3) is 5.78 Å². The lowest BCUT2D eigenvalue weighted by atomic mass is 9.95. The number of rotatable bonds is 9. The Kier molecular flexibility index (Phi) is 8.94. The van der Waals surface area contributed by atoms with E-state index in [0.29, 0.717) is 29.2 Å². The molecule has 0 aliphatic carbocycles. The van der Waals surface area contributed by atoms with Crippen LogP contribution in [0.5, 0.6) is 5.75 Å². The number of aryl methyl sites for hydroxylation is 1. The number of aliphatic hydroxyl groups excluding tert-OH is 1. The average Bonchev–Trinajstić information content (AvgIpc) is 3.42. The molecule has 4 rings (SSSR count). The minimum Gasteiger partial charge on any atom is -0.507 e. The largest absolute Gasteiger partial charge is 0.507 e. The van der Waals surface area contributed by atoms with Gasteiger partial charge in [-0.05, 0) is 62.2 Å². The fraction of sp³-hybridized carbons (Fsp3) is 0.286. The van der Waals surface area contributed by atoms with Crippen LogP contribution >= 0.6 is 34.5 Å². The van der Waals surface area contributed by atoms with Crippen LogP contribution in [0.4, 0.5) is 5.13 Å². The maximum atomic E-state index is 13.4. The smallest absolute Gasteiger partial charge is 0.350 e. The Bertz CT molecular complexity index is 1450. The molecule has 2 aromatic carbocycles. The van der Waals surface area contributed by atoms with Crippen molar-refractivity contribution in [2.24, 2.45) is 0 Å². The van der Waals surface area contributed by atoms with Crippen LogP contribution in [0.15, 0.2) is 48.0 Å². The van der Waals surface area contributed by atoms with Crippen molar-refractivity contribution in [3.8, 4) is 5.75 Å². The van der Waals surface area contributed by atoms with E-state index in [-0.39, 0.29) is 38.0 Å². The van der Waals surface area contributed by atoms with Gasteiger partial charge in [0.2, 0.25) is 0 Å². The third-order valence-corrected chi connectivity index (χ3v) is 7.93. The van der Waals surface area contributed by atoms with Crippen LogP contribution in [0.2, 0.25) is 10.0 Å². The standard InChI is InChI=1S/C28H26Cl2N2O6S/c1-4-6-13-38-18-10-7-16(8-11-18)23(33)21-22(17-9-12-19(29)20(30)14-17)32(26(35)24(21)34)28-31-15(3)25(39-28)27(36)37-5-2/h7-12,14,22,33H,4-6,13H2,1-3H3. The summed E-state index contributed by atoms with van der Waals surface area (Å²) in [6, 6.07) is 10.2. The van der Waals surface area contributed by atoms with Gasteiger partial charge in [0.05, 0.1) is 40.6 Å². The van der Waals surface area contributed by atoms with Gasteiger partial charge in [-0.1, -0.05) is 53.9 Å². The van der Waals surface area contributed by atoms with Gasteiger partial charge < -0.3 is 14.6 Å². The molecular weight excluding hydrogens is 563 g/mol. The molecule has 8 nitrogen and oxygen atoms in total. The number of unbranched alkanes of at least 4 members (excludes halogenated alkanes) is 1. The number of esters is 1. The topological polar surface area (TPSA) is 106 Å². The predicted octanol–water partition coefficient (Wildman–Crippen LogP) is 6.74. The first-order valence-electron chi connectivity index (χ1n) is 12.3. The van der Waals surface area contributed by atoms with E-state index in [9.17, 15) is 19.5 Å². The molecule has 1 N–H and O–H groups in total. The van der Waals surface area contributed by atoms with E-state index >= 15 is 0 Å². The van der Waals surface area contributed by atoms with Crippen molar-refractivity contribution >= 4 is 63.1 Å². The molecule has 11 heteroatoms. The van der Waals surface area contributed by atoms with Crippen molar-refractivity contribution in [3.63, 3.8) is 0 Å². The van der Waals surface area contributed by atoms with Crippen LogP contribution in [0, 0.1) is 6.92 Å². The normalized spacial score (nSPS) is 16.5. The van der Waals surface area contributed by atoms with Gasteiger partial charge in [0, 0.05) is 5.56 Å². The number of benzene rings is 2. The number of halogens is 2. The van der Waals surface area contributed by atoms with Crippen molar-refractivity contribution < 1.29 is 29.0 Å². The quantitative estimate of drug-likeness (QED) is 0.0969. The summed E-state index contributed by atoms with van der Waals surface area (Å²) in [5.41, 5.74) is 0.948. The number of carbonyl (C=O) groups is 3. The maximum Gasteiger partial charge on any atom is 0.350 e. The second-order valence-electron chi connectivity index (χ2n) is 8.70. The maximum absolute atomic E-state index is 13.4. The Labute approximate surface area is 239 Å².